The molecule has 1 amide bonds. The predicted octanol–water partition coefficient (Wildman–Crippen LogP) is 4.99. The zero-order chi connectivity index (χ0) is 31.5. The largest absolute Gasteiger partial charge is 0.491 e. The lowest BCUT2D eigenvalue weighted by Gasteiger charge is -2.34. The normalized spacial score (nSPS) is 14.2. The van der Waals surface area contributed by atoms with Crippen LogP contribution in [0.4, 0.5) is 26.3 Å². The topological polar surface area (TPSA) is 136 Å². The van der Waals surface area contributed by atoms with Gasteiger partial charge in [0.2, 0.25) is 0 Å². The Labute approximate surface area is 239 Å². The molecule has 3 N–H and O–H groups in total. The number of rotatable bonds is 6. The van der Waals surface area contributed by atoms with Crippen LogP contribution in [0.5, 0.6) is 11.5 Å². The number of benzene rings is 2. The zero-order valence-electron chi connectivity index (χ0n) is 22.0. The maximum Gasteiger partial charge on any atom is 0.491 e. The number of carbonyl (C=O) groups excluding carboxylic acids is 3. The Hall–Kier alpha value is -4.95. The number of likely N-dealkylation sites (tertiary alicyclic amines) is 1. The van der Waals surface area contributed by atoms with Gasteiger partial charge in [-0.25, -0.2) is 9.59 Å². The highest BCUT2D eigenvalue weighted by molar-refractivity contribution is 6.00. The predicted molar refractivity (Wildman–Crippen MR) is 138 cm³/mol. The van der Waals surface area contributed by atoms with Crippen LogP contribution in [0.3, 0.4) is 0 Å². The third kappa shape index (κ3) is 7.10. The molecule has 0 unspecified atom stereocenters. The molecule has 9 nitrogen and oxygen atoms in total. The molecule has 0 spiro atoms. The molecular weight excluding hydrogens is 586 g/mol. The van der Waals surface area contributed by atoms with Gasteiger partial charge in [-0.05, 0) is 66.3 Å². The zero-order valence-corrected chi connectivity index (χ0v) is 22.0. The fourth-order valence-electron chi connectivity index (χ4n) is 4.59. The highest BCUT2D eigenvalue weighted by Crippen LogP contribution is 2.44. The van der Waals surface area contributed by atoms with Crippen molar-refractivity contribution in [3.8, 4) is 22.6 Å². The van der Waals surface area contributed by atoms with Crippen LogP contribution in [-0.4, -0.2) is 59.0 Å². The van der Waals surface area contributed by atoms with Crippen molar-refractivity contribution in [3.63, 3.8) is 0 Å². The van der Waals surface area contributed by atoms with Crippen molar-refractivity contribution >= 4 is 23.7 Å². The van der Waals surface area contributed by atoms with Gasteiger partial charge < -0.3 is 20.1 Å². The van der Waals surface area contributed by atoms with Gasteiger partial charge in [-0.15, -0.1) is 0 Å². The van der Waals surface area contributed by atoms with E-state index in [1.54, 1.807) is 48.8 Å². The number of hydrogen-bond acceptors (Lipinski definition) is 7. The number of ether oxygens (including phenoxy) is 2. The number of alkyl halides is 6. The minimum absolute atomic E-state index is 0.000774. The number of hydrogen-bond donors (Lipinski definition) is 2. The van der Waals surface area contributed by atoms with E-state index in [1.807, 2.05) is 0 Å². The van der Waals surface area contributed by atoms with Crippen LogP contribution in [0.2, 0.25) is 0 Å². The molecule has 0 atom stereocenters. The maximum absolute atomic E-state index is 13.2. The molecule has 226 valence electrons. The molecule has 15 heteroatoms. The Morgan fingerprint density at radius 3 is 1.88 bits per heavy atom. The molecule has 2 aromatic carbocycles. The second-order valence-corrected chi connectivity index (χ2v) is 9.42. The van der Waals surface area contributed by atoms with Crippen LogP contribution in [0.25, 0.3) is 11.1 Å². The molecule has 1 aromatic heterocycles. The van der Waals surface area contributed by atoms with Gasteiger partial charge in [0.25, 0.3) is 5.91 Å². The molecule has 1 aliphatic heterocycles. The van der Waals surface area contributed by atoms with E-state index in [9.17, 15) is 40.7 Å². The van der Waals surface area contributed by atoms with Crippen LogP contribution < -0.4 is 15.2 Å². The van der Waals surface area contributed by atoms with Gasteiger partial charge in [0.1, 0.15) is 17.3 Å². The minimum atomic E-state index is -5.51. The number of nitrogens with one attached hydrogen (secondary N) is 1. The fraction of sp³-hybridized carbons (Fsp3) is 0.250. The summed E-state index contributed by atoms with van der Waals surface area (Å²) in [7, 11) is 0. The third-order valence-corrected chi connectivity index (χ3v) is 6.64. The van der Waals surface area contributed by atoms with Crippen molar-refractivity contribution in [2.75, 3.05) is 13.1 Å². The Bertz CT molecular complexity index is 1530. The van der Waals surface area contributed by atoms with Crippen molar-refractivity contribution < 1.29 is 50.2 Å². The van der Waals surface area contributed by atoms with E-state index in [4.69, 9.17) is 11.1 Å². The highest BCUT2D eigenvalue weighted by Gasteiger charge is 2.45. The van der Waals surface area contributed by atoms with Crippen LogP contribution >= 0.6 is 0 Å². The van der Waals surface area contributed by atoms with Crippen molar-refractivity contribution in [1.29, 1.82) is 5.41 Å². The average Bonchev–Trinajstić information content (AvgIpc) is 2.96. The van der Waals surface area contributed by atoms with Crippen molar-refractivity contribution in [1.82, 2.24) is 9.88 Å². The number of pyridine rings is 1. The lowest BCUT2D eigenvalue weighted by molar-refractivity contribution is -0.190. The number of esters is 2. The van der Waals surface area contributed by atoms with Crippen LogP contribution in [0.15, 0.2) is 60.9 Å². The molecule has 0 aliphatic carbocycles. The number of nitrogens with two attached hydrogens (primary N) is 1. The smallest absolute Gasteiger partial charge is 0.419 e. The number of amides is 1. The van der Waals surface area contributed by atoms with Gasteiger partial charge in [0.15, 0.2) is 0 Å². The minimum Gasteiger partial charge on any atom is -0.419 e. The van der Waals surface area contributed by atoms with E-state index >= 15 is 0 Å². The molecule has 2 heterocycles. The van der Waals surface area contributed by atoms with Gasteiger partial charge in [-0.1, -0.05) is 12.1 Å². The SMILES string of the molecule is N=C(N)c1ccc(OC(=O)C(F)(F)F)c(C2CCN(C(=O)c3ccc(-c4ccncc4)cc3)CC2)c1OC(=O)C(F)(F)F. The van der Waals surface area contributed by atoms with E-state index in [0.29, 0.717) is 5.56 Å². The molecule has 0 saturated carbocycles. The molecule has 1 aliphatic rings. The summed E-state index contributed by atoms with van der Waals surface area (Å²) in [6, 6.07) is 11.9. The summed E-state index contributed by atoms with van der Waals surface area (Å²) >= 11 is 0. The van der Waals surface area contributed by atoms with Crippen LogP contribution in [0, 0.1) is 5.41 Å². The summed E-state index contributed by atoms with van der Waals surface area (Å²) in [4.78, 5) is 41.9. The number of piperidine rings is 1. The van der Waals surface area contributed by atoms with Gasteiger partial charge in [0.05, 0.1) is 5.56 Å². The van der Waals surface area contributed by atoms with Gasteiger partial charge in [-0.2, -0.15) is 26.3 Å². The Balaban J connectivity index is 1.62. The second-order valence-electron chi connectivity index (χ2n) is 9.42. The van der Waals surface area contributed by atoms with Crippen molar-refractivity contribution in [2.45, 2.75) is 31.1 Å². The van der Waals surface area contributed by atoms with Gasteiger partial charge in [-0.3, -0.25) is 15.2 Å². The monoisotopic (exact) mass is 608 g/mol. The summed E-state index contributed by atoms with van der Waals surface area (Å²) in [5.74, 6) is -9.36. The average molecular weight is 608 g/mol. The molecule has 43 heavy (non-hydrogen) atoms. The highest BCUT2D eigenvalue weighted by atomic mass is 19.4. The van der Waals surface area contributed by atoms with E-state index in [0.717, 1.165) is 23.3 Å². The number of carbonyl (C=O) groups is 3. The molecule has 0 radical (unpaired) electrons. The van der Waals surface area contributed by atoms with E-state index in [1.165, 1.54) is 4.90 Å². The van der Waals surface area contributed by atoms with E-state index in [2.05, 4.69) is 14.5 Å². The summed E-state index contributed by atoms with van der Waals surface area (Å²) < 4.78 is 87.2. The lowest BCUT2D eigenvalue weighted by atomic mass is 9.86. The Morgan fingerprint density at radius 1 is 0.814 bits per heavy atom. The third-order valence-electron chi connectivity index (χ3n) is 6.64. The maximum atomic E-state index is 13.2. The first-order valence-corrected chi connectivity index (χ1v) is 12.6. The summed E-state index contributed by atoms with van der Waals surface area (Å²) in [5.41, 5.74) is 6.50. The molecule has 4 rings (SSSR count). The number of halogens is 6. The summed E-state index contributed by atoms with van der Waals surface area (Å²) in [6.07, 6.45) is -7.79. The Morgan fingerprint density at radius 2 is 1.35 bits per heavy atom. The number of aromatic nitrogens is 1. The van der Waals surface area contributed by atoms with Crippen LogP contribution in [-0.2, 0) is 9.59 Å². The molecule has 1 saturated heterocycles. The quantitative estimate of drug-likeness (QED) is 0.132. The first-order chi connectivity index (χ1) is 20.2. The molecule has 3 aromatic rings. The van der Waals surface area contributed by atoms with Gasteiger partial charge in [0, 0.05) is 36.6 Å². The molecular formula is C28H22F6N4O5. The first-order valence-electron chi connectivity index (χ1n) is 12.6. The van der Waals surface area contributed by atoms with E-state index < -0.39 is 58.7 Å². The molecule has 1 fully saturated rings. The Kier molecular flexibility index (Phi) is 8.73. The number of nitrogen functional groups attached to an aromatic ring is 1. The summed E-state index contributed by atoms with van der Waals surface area (Å²) in [5, 5.41) is 7.71. The first kappa shape index (κ1) is 31.0. The molecule has 0 bridgehead atoms. The number of nitrogens with zero attached hydrogens (tertiary/aromatic N) is 2. The van der Waals surface area contributed by atoms with E-state index in [-0.39, 0.29) is 31.8 Å². The summed E-state index contributed by atoms with van der Waals surface area (Å²) in [6.45, 7) is -0.00155. The second kappa shape index (κ2) is 12.1. The van der Waals surface area contributed by atoms with Crippen molar-refractivity contribution in [2.24, 2.45) is 5.73 Å². The van der Waals surface area contributed by atoms with Gasteiger partial charge >= 0.3 is 24.3 Å². The van der Waals surface area contributed by atoms with Crippen LogP contribution in [0.1, 0.15) is 40.2 Å². The lowest BCUT2D eigenvalue weighted by Crippen LogP contribution is -2.38. The van der Waals surface area contributed by atoms with Crippen molar-refractivity contribution in [3.05, 3.63) is 77.6 Å². The standard InChI is InChI=1S/C28H22F6N4O5/c29-27(30,31)25(40)42-20-6-5-19(23(35)36)22(43-26(41)28(32,33)34)21(20)17-9-13-38(14-10-17)24(39)18-3-1-15(2-4-18)16-7-11-37-12-8-16/h1-8,11-12,17H,9-10,13-14H2,(H3,35,36). The fourth-order valence-corrected chi connectivity index (χ4v) is 4.59. The number of amidine groups is 1.